The normalized spacial score (nSPS) is 13.4. The first kappa shape index (κ1) is 18.7. The molecule has 0 spiro atoms. The number of benzene rings is 2. The third-order valence-electron chi connectivity index (χ3n) is 5.46. The average Bonchev–Trinajstić information content (AvgIpc) is 3.41. The standard InChI is InChI=1S/C22H20N4O3S/c1-30(27,28)17-8-5-16(6-9-17)19-13-23-21(26-14-24-25-22(19)26)10-7-15-3-2-4-20-18(15)11-12-29-20/h2-6,8-9,13-14H,7,10-12H2,1H3. The molecule has 0 amide bonds. The van der Waals surface area contributed by atoms with E-state index in [1.165, 1.54) is 17.4 Å². The number of sulfone groups is 1. The van der Waals surface area contributed by atoms with Gasteiger partial charge >= 0.3 is 0 Å². The van der Waals surface area contributed by atoms with Crippen molar-refractivity contribution in [3.8, 4) is 16.9 Å². The summed E-state index contributed by atoms with van der Waals surface area (Å²) in [5, 5.41) is 8.35. The van der Waals surface area contributed by atoms with Gasteiger partial charge in [0.15, 0.2) is 15.5 Å². The largest absolute Gasteiger partial charge is 0.493 e. The molecule has 152 valence electrons. The van der Waals surface area contributed by atoms with Crippen LogP contribution in [0.25, 0.3) is 16.8 Å². The number of rotatable bonds is 5. The van der Waals surface area contributed by atoms with Crippen LogP contribution in [0.3, 0.4) is 0 Å². The zero-order valence-corrected chi connectivity index (χ0v) is 17.3. The molecule has 0 saturated heterocycles. The molecule has 2 aromatic carbocycles. The number of ether oxygens (including phenoxy) is 1. The summed E-state index contributed by atoms with van der Waals surface area (Å²) >= 11 is 0. The minimum absolute atomic E-state index is 0.285. The molecule has 7 nitrogen and oxygen atoms in total. The van der Waals surface area contributed by atoms with E-state index in [1.807, 2.05) is 16.5 Å². The Hall–Kier alpha value is -3.26. The number of fused-ring (bicyclic) bond motifs is 2. The highest BCUT2D eigenvalue weighted by Gasteiger charge is 2.17. The Kier molecular flexibility index (Phi) is 4.51. The van der Waals surface area contributed by atoms with Crippen LogP contribution in [-0.2, 0) is 29.1 Å². The Morgan fingerprint density at radius 3 is 2.73 bits per heavy atom. The predicted molar refractivity (Wildman–Crippen MR) is 112 cm³/mol. The van der Waals surface area contributed by atoms with Crippen molar-refractivity contribution in [2.45, 2.75) is 24.2 Å². The van der Waals surface area contributed by atoms with Crippen LogP contribution >= 0.6 is 0 Å². The van der Waals surface area contributed by atoms with Crippen molar-refractivity contribution in [1.29, 1.82) is 0 Å². The van der Waals surface area contributed by atoms with Gasteiger partial charge in [0.1, 0.15) is 17.9 Å². The molecule has 0 unspecified atom stereocenters. The molecule has 4 aromatic rings. The van der Waals surface area contributed by atoms with Gasteiger partial charge in [0.05, 0.1) is 11.5 Å². The van der Waals surface area contributed by atoms with Crippen LogP contribution in [-0.4, -0.2) is 40.9 Å². The van der Waals surface area contributed by atoms with E-state index < -0.39 is 9.84 Å². The molecule has 1 aliphatic rings. The fourth-order valence-corrected chi connectivity index (χ4v) is 4.54. The molecule has 30 heavy (non-hydrogen) atoms. The molecule has 3 heterocycles. The van der Waals surface area contributed by atoms with Gasteiger partial charge in [-0.1, -0.05) is 24.3 Å². The summed E-state index contributed by atoms with van der Waals surface area (Å²) < 4.78 is 31.0. The third-order valence-corrected chi connectivity index (χ3v) is 6.59. The number of nitrogens with zero attached hydrogens (tertiary/aromatic N) is 4. The van der Waals surface area contributed by atoms with Crippen molar-refractivity contribution >= 4 is 15.5 Å². The van der Waals surface area contributed by atoms with Crippen LogP contribution in [0.15, 0.2) is 59.9 Å². The number of aromatic nitrogens is 4. The smallest absolute Gasteiger partial charge is 0.175 e. The zero-order chi connectivity index (χ0) is 20.7. The second kappa shape index (κ2) is 7.21. The van der Waals surface area contributed by atoms with Gasteiger partial charge in [-0.15, -0.1) is 10.2 Å². The lowest BCUT2D eigenvalue weighted by atomic mass is 10.0. The average molecular weight is 420 g/mol. The Morgan fingerprint density at radius 2 is 1.93 bits per heavy atom. The molecule has 5 rings (SSSR count). The molecule has 0 fully saturated rings. The first-order valence-electron chi connectivity index (χ1n) is 9.72. The number of aryl methyl sites for hydroxylation is 2. The van der Waals surface area contributed by atoms with E-state index in [0.717, 1.165) is 48.6 Å². The molecule has 0 N–H and O–H groups in total. The maximum Gasteiger partial charge on any atom is 0.175 e. The van der Waals surface area contributed by atoms with Crippen LogP contribution in [0.4, 0.5) is 0 Å². The Bertz CT molecular complexity index is 1340. The molecule has 0 atom stereocenters. The second-order valence-corrected chi connectivity index (χ2v) is 9.42. The van der Waals surface area contributed by atoms with Gasteiger partial charge in [0.2, 0.25) is 0 Å². The Morgan fingerprint density at radius 1 is 1.10 bits per heavy atom. The first-order valence-corrected chi connectivity index (χ1v) is 11.6. The Labute approximate surface area is 174 Å². The lowest BCUT2D eigenvalue weighted by Crippen LogP contribution is -2.05. The van der Waals surface area contributed by atoms with Crippen LogP contribution in [0.1, 0.15) is 17.0 Å². The van der Waals surface area contributed by atoms with Crippen molar-refractivity contribution in [2.75, 3.05) is 12.9 Å². The maximum absolute atomic E-state index is 11.7. The third kappa shape index (κ3) is 3.33. The predicted octanol–water partition coefficient (Wildman–Crippen LogP) is 2.91. The minimum atomic E-state index is -3.24. The molecular weight excluding hydrogens is 400 g/mol. The number of hydrogen-bond donors (Lipinski definition) is 0. The second-order valence-electron chi connectivity index (χ2n) is 7.40. The summed E-state index contributed by atoms with van der Waals surface area (Å²) in [7, 11) is -3.24. The van der Waals surface area contributed by atoms with E-state index in [4.69, 9.17) is 4.74 Å². The van der Waals surface area contributed by atoms with Crippen LogP contribution in [0.5, 0.6) is 5.75 Å². The quantitative estimate of drug-likeness (QED) is 0.493. The topological polar surface area (TPSA) is 86.5 Å². The lowest BCUT2D eigenvalue weighted by Gasteiger charge is -2.10. The van der Waals surface area contributed by atoms with E-state index in [1.54, 1.807) is 36.8 Å². The summed E-state index contributed by atoms with van der Waals surface area (Å²) in [5.41, 5.74) is 4.94. The van der Waals surface area contributed by atoms with Gasteiger partial charge in [0, 0.05) is 36.4 Å². The minimum Gasteiger partial charge on any atom is -0.493 e. The van der Waals surface area contributed by atoms with Gasteiger partial charge in [-0.2, -0.15) is 0 Å². The highest BCUT2D eigenvalue weighted by molar-refractivity contribution is 7.90. The summed E-state index contributed by atoms with van der Waals surface area (Å²) in [5.74, 6) is 1.87. The molecular formula is C22H20N4O3S. The molecule has 0 saturated carbocycles. The van der Waals surface area contributed by atoms with Gasteiger partial charge in [-0.05, 0) is 35.7 Å². The lowest BCUT2D eigenvalue weighted by molar-refractivity contribution is 0.357. The van der Waals surface area contributed by atoms with Crippen LogP contribution in [0.2, 0.25) is 0 Å². The molecule has 1 aliphatic heterocycles. The summed E-state index contributed by atoms with van der Waals surface area (Å²) in [6, 6.07) is 12.9. The van der Waals surface area contributed by atoms with Crippen molar-refractivity contribution in [3.63, 3.8) is 0 Å². The molecule has 0 bridgehead atoms. The fraction of sp³-hybridized carbons (Fsp3) is 0.227. The van der Waals surface area contributed by atoms with E-state index in [2.05, 4.69) is 21.2 Å². The maximum atomic E-state index is 11.7. The number of hydrogen-bond acceptors (Lipinski definition) is 6. The van der Waals surface area contributed by atoms with E-state index in [-0.39, 0.29) is 4.90 Å². The van der Waals surface area contributed by atoms with Gasteiger partial charge < -0.3 is 4.74 Å². The molecule has 2 aromatic heterocycles. The van der Waals surface area contributed by atoms with Crippen molar-refractivity contribution < 1.29 is 13.2 Å². The van der Waals surface area contributed by atoms with E-state index >= 15 is 0 Å². The fourth-order valence-electron chi connectivity index (χ4n) is 3.91. The van der Waals surface area contributed by atoms with Crippen LogP contribution in [0, 0.1) is 0 Å². The highest BCUT2D eigenvalue weighted by Crippen LogP contribution is 2.29. The molecule has 8 heteroatoms. The molecule has 0 aliphatic carbocycles. The SMILES string of the molecule is CS(=O)(=O)c1ccc(-c2cnc(CCc3cccc4c3CCO4)n3cnnc23)cc1. The summed E-state index contributed by atoms with van der Waals surface area (Å²) in [6.45, 7) is 0.743. The molecule has 0 radical (unpaired) electrons. The van der Waals surface area contributed by atoms with Crippen molar-refractivity contribution in [1.82, 2.24) is 19.6 Å². The van der Waals surface area contributed by atoms with Gasteiger partial charge in [0.25, 0.3) is 0 Å². The summed E-state index contributed by atoms with van der Waals surface area (Å²) in [6.07, 6.45) is 7.21. The summed E-state index contributed by atoms with van der Waals surface area (Å²) in [4.78, 5) is 4.95. The van der Waals surface area contributed by atoms with Crippen molar-refractivity contribution in [3.05, 3.63) is 71.9 Å². The van der Waals surface area contributed by atoms with Crippen molar-refractivity contribution in [2.24, 2.45) is 0 Å². The highest BCUT2D eigenvalue weighted by atomic mass is 32.2. The van der Waals surface area contributed by atoms with Crippen LogP contribution < -0.4 is 4.74 Å². The first-order chi connectivity index (χ1) is 14.5. The zero-order valence-electron chi connectivity index (χ0n) is 16.4. The van der Waals surface area contributed by atoms with E-state index in [9.17, 15) is 8.42 Å². The van der Waals surface area contributed by atoms with Gasteiger partial charge in [-0.25, -0.2) is 13.4 Å². The van der Waals surface area contributed by atoms with Gasteiger partial charge in [-0.3, -0.25) is 4.40 Å². The monoisotopic (exact) mass is 420 g/mol. The van der Waals surface area contributed by atoms with E-state index in [0.29, 0.717) is 5.65 Å². The Balaban J connectivity index is 1.45.